The maximum Gasteiger partial charge on any atom is 0.175 e. The van der Waals surface area contributed by atoms with Crippen molar-refractivity contribution in [3.8, 4) is 0 Å². The molecular formula is C29H48N10+2. The second-order valence-electron chi connectivity index (χ2n) is 12.6. The van der Waals surface area contributed by atoms with Crippen molar-refractivity contribution in [1.82, 2.24) is 19.2 Å². The highest BCUT2D eigenvalue weighted by atomic mass is 15.4. The number of hydrogen-bond acceptors (Lipinski definition) is 6. The molecule has 5 N–H and O–H groups in total. The highest BCUT2D eigenvalue weighted by Crippen LogP contribution is 2.29. The molecular weight excluding hydrogens is 488 g/mol. The second-order valence-corrected chi connectivity index (χ2v) is 12.6. The van der Waals surface area contributed by atoms with Crippen LogP contribution in [0.5, 0.6) is 0 Å². The molecule has 212 valence electrons. The third-order valence-corrected chi connectivity index (χ3v) is 7.98. The average Bonchev–Trinajstić information content (AvgIpc) is 3.36. The zero-order valence-corrected chi connectivity index (χ0v) is 25.3. The zero-order valence-electron chi connectivity index (χ0n) is 25.3. The van der Waals surface area contributed by atoms with Crippen LogP contribution in [-0.2, 0) is 0 Å². The van der Waals surface area contributed by atoms with E-state index in [0.29, 0.717) is 0 Å². The van der Waals surface area contributed by atoms with Crippen LogP contribution in [0.15, 0.2) is 24.3 Å². The molecule has 39 heavy (non-hydrogen) atoms. The Morgan fingerprint density at radius 2 is 1.33 bits per heavy atom. The first-order valence-electron chi connectivity index (χ1n) is 13.8. The number of rotatable bonds is 5. The first-order valence-corrected chi connectivity index (χ1v) is 13.8. The van der Waals surface area contributed by atoms with Crippen molar-refractivity contribution in [2.75, 3.05) is 96.2 Å². The number of nitrogens with zero attached hydrogens (tertiary/aromatic N) is 7. The van der Waals surface area contributed by atoms with Crippen molar-refractivity contribution >= 4 is 34.0 Å². The molecule has 5 rings (SSSR count). The van der Waals surface area contributed by atoms with Crippen molar-refractivity contribution < 1.29 is 8.97 Å². The SMILES string of the molecule is Cc1ccc2c(N)c(N3CC[N+](C)(C)CC3)nn2c1C.Cc1ccc2c(N)c(NCC[N+](C)(C)C)nn2c1C. The highest BCUT2D eigenvalue weighted by Gasteiger charge is 2.27. The number of anilines is 4. The van der Waals surface area contributed by atoms with Crippen molar-refractivity contribution in [3.05, 3.63) is 46.8 Å². The van der Waals surface area contributed by atoms with Crippen LogP contribution in [0.3, 0.4) is 0 Å². The molecule has 4 aromatic heterocycles. The summed E-state index contributed by atoms with van der Waals surface area (Å²) in [4.78, 5) is 2.32. The van der Waals surface area contributed by atoms with Crippen LogP contribution < -0.4 is 21.7 Å². The zero-order chi connectivity index (χ0) is 28.7. The van der Waals surface area contributed by atoms with Crippen molar-refractivity contribution in [3.63, 3.8) is 0 Å². The van der Waals surface area contributed by atoms with Gasteiger partial charge >= 0.3 is 0 Å². The van der Waals surface area contributed by atoms with E-state index in [4.69, 9.17) is 16.6 Å². The van der Waals surface area contributed by atoms with Crippen molar-refractivity contribution in [2.24, 2.45) is 0 Å². The average molecular weight is 537 g/mol. The summed E-state index contributed by atoms with van der Waals surface area (Å²) < 4.78 is 5.88. The first kappa shape index (κ1) is 28.5. The number of pyridine rings is 2. The van der Waals surface area contributed by atoms with Gasteiger partial charge < -0.3 is 30.7 Å². The summed E-state index contributed by atoms with van der Waals surface area (Å²) in [7, 11) is 11.1. The quantitative estimate of drug-likeness (QED) is 0.339. The number of nitrogens with two attached hydrogens (primary N) is 2. The normalized spacial score (nSPS) is 15.5. The minimum atomic E-state index is 0.726. The Morgan fingerprint density at radius 1 is 0.821 bits per heavy atom. The van der Waals surface area contributed by atoms with E-state index in [1.165, 1.54) is 11.1 Å². The summed E-state index contributed by atoms with van der Waals surface area (Å²) >= 11 is 0. The third-order valence-electron chi connectivity index (χ3n) is 7.98. The van der Waals surface area contributed by atoms with Crippen LogP contribution in [0.25, 0.3) is 11.0 Å². The molecule has 1 fully saturated rings. The van der Waals surface area contributed by atoms with Gasteiger partial charge in [0.2, 0.25) is 0 Å². The third kappa shape index (κ3) is 6.07. The van der Waals surface area contributed by atoms with Crippen LogP contribution in [0.2, 0.25) is 0 Å². The number of nitrogens with one attached hydrogen (secondary N) is 1. The summed E-state index contributed by atoms with van der Waals surface area (Å²) in [5.41, 5.74) is 20.7. The summed E-state index contributed by atoms with van der Waals surface area (Å²) in [6.45, 7) is 14.5. The number of quaternary nitrogens is 2. The fourth-order valence-electron chi connectivity index (χ4n) is 4.78. The molecule has 4 aromatic rings. The van der Waals surface area contributed by atoms with E-state index in [0.717, 1.165) is 93.7 Å². The number of aromatic nitrogens is 4. The van der Waals surface area contributed by atoms with Crippen LogP contribution in [0.4, 0.5) is 23.0 Å². The van der Waals surface area contributed by atoms with Gasteiger partial charge in [0.05, 0.1) is 85.5 Å². The van der Waals surface area contributed by atoms with Gasteiger partial charge in [0, 0.05) is 11.4 Å². The van der Waals surface area contributed by atoms with Crippen LogP contribution >= 0.6 is 0 Å². The Morgan fingerprint density at radius 3 is 1.87 bits per heavy atom. The van der Waals surface area contributed by atoms with Gasteiger partial charge in [-0.25, -0.2) is 9.03 Å². The fourth-order valence-corrected chi connectivity index (χ4v) is 4.78. The van der Waals surface area contributed by atoms with Crippen LogP contribution in [-0.4, -0.2) is 103 Å². The summed E-state index contributed by atoms with van der Waals surface area (Å²) in [5, 5.41) is 12.7. The van der Waals surface area contributed by atoms with E-state index in [-0.39, 0.29) is 0 Å². The maximum absolute atomic E-state index is 6.33. The number of hydrogen-bond donors (Lipinski definition) is 3. The molecule has 0 saturated carbocycles. The Labute approximate surface area is 233 Å². The molecule has 10 heteroatoms. The molecule has 1 aliphatic rings. The van der Waals surface area contributed by atoms with Gasteiger partial charge in [0.15, 0.2) is 11.6 Å². The number of aryl methyl sites for hydroxylation is 4. The lowest BCUT2D eigenvalue weighted by atomic mass is 10.2. The van der Waals surface area contributed by atoms with E-state index in [2.05, 4.69) is 96.4 Å². The first-order chi connectivity index (χ1) is 18.2. The summed E-state index contributed by atoms with van der Waals surface area (Å²) in [5.74, 6) is 1.72. The lowest BCUT2D eigenvalue weighted by molar-refractivity contribution is -0.890. The minimum absolute atomic E-state index is 0.726. The summed E-state index contributed by atoms with van der Waals surface area (Å²) in [6, 6.07) is 8.29. The molecule has 5 heterocycles. The van der Waals surface area contributed by atoms with Gasteiger partial charge in [-0.2, -0.15) is 0 Å². The highest BCUT2D eigenvalue weighted by molar-refractivity contribution is 5.82. The van der Waals surface area contributed by atoms with Gasteiger partial charge in [0.25, 0.3) is 0 Å². The molecule has 0 amide bonds. The van der Waals surface area contributed by atoms with Crippen molar-refractivity contribution in [1.29, 1.82) is 0 Å². The van der Waals surface area contributed by atoms with Crippen LogP contribution in [0.1, 0.15) is 22.5 Å². The standard InChI is InChI=1S/C15H24N5.C14H24N5/c1-11-5-6-13-14(16)15(17-19(13)12(11)2)18-7-9-20(3,4)10-8-18;1-10-6-7-12-13(15)14(17-18(12)11(10)2)16-8-9-19(3,4)5/h5-6H,7-10,16H2,1-4H3;6-7H,8-9,15H2,1-5H3,(H,16,17)/q2*+1. The number of fused-ring (bicyclic) bond motifs is 2. The van der Waals surface area contributed by atoms with Gasteiger partial charge in [-0.15, -0.1) is 10.2 Å². The van der Waals surface area contributed by atoms with E-state index in [1.807, 2.05) is 15.1 Å². The largest absolute Gasteiger partial charge is 0.394 e. The molecule has 0 radical (unpaired) electrons. The molecule has 1 aliphatic heterocycles. The number of likely N-dealkylation sites (N-methyl/N-ethyl adjacent to an activating group) is 2. The second kappa shape index (κ2) is 10.6. The molecule has 0 aliphatic carbocycles. The van der Waals surface area contributed by atoms with Gasteiger partial charge in [-0.3, -0.25) is 0 Å². The smallest absolute Gasteiger partial charge is 0.175 e. The lowest BCUT2D eigenvalue weighted by Crippen LogP contribution is -2.55. The molecule has 0 spiro atoms. The molecule has 0 atom stereocenters. The topological polar surface area (TPSA) is 102 Å². The molecule has 0 aromatic carbocycles. The van der Waals surface area contributed by atoms with Gasteiger partial charge in [-0.1, -0.05) is 12.1 Å². The van der Waals surface area contributed by atoms with Crippen LogP contribution in [0, 0.1) is 27.7 Å². The predicted molar refractivity (Wildman–Crippen MR) is 164 cm³/mol. The Bertz CT molecular complexity index is 1460. The molecule has 10 nitrogen and oxygen atoms in total. The summed E-state index contributed by atoms with van der Waals surface area (Å²) in [6.07, 6.45) is 0. The van der Waals surface area contributed by atoms with E-state index < -0.39 is 0 Å². The molecule has 1 saturated heterocycles. The maximum atomic E-state index is 6.33. The molecule has 0 bridgehead atoms. The molecule has 0 unspecified atom stereocenters. The predicted octanol–water partition coefficient (Wildman–Crippen LogP) is 3.08. The Hall–Kier alpha value is -3.50. The van der Waals surface area contributed by atoms with E-state index >= 15 is 0 Å². The van der Waals surface area contributed by atoms with E-state index in [1.54, 1.807) is 0 Å². The lowest BCUT2D eigenvalue weighted by Gasteiger charge is -2.39. The number of nitrogen functional groups attached to an aromatic ring is 2. The van der Waals surface area contributed by atoms with Gasteiger partial charge in [-0.05, 0) is 51.0 Å². The van der Waals surface area contributed by atoms with Crippen molar-refractivity contribution in [2.45, 2.75) is 27.7 Å². The monoisotopic (exact) mass is 536 g/mol. The Kier molecular flexibility index (Phi) is 7.73. The fraction of sp³-hybridized carbons (Fsp3) is 0.517. The number of piperazine rings is 1. The van der Waals surface area contributed by atoms with Gasteiger partial charge in [0.1, 0.15) is 11.4 Å². The van der Waals surface area contributed by atoms with E-state index in [9.17, 15) is 0 Å². The Balaban J connectivity index is 0.000000181. The minimum Gasteiger partial charge on any atom is -0.394 e.